The number of nitrogens with zero attached hydrogens (tertiary/aromatic N) is 1. The number of hydrogen-bond donors (Lipinski definition) is 2. The van der Waals surface area contributed by atoms with E-state index < -0.39 is 17.5 Å². The van der Waals surface area contributed by atoms with E-state index in [-0.39, 0.29) is 11.3 Å². The van der Waals surface area contributed by atoms with Crippen LogP contribution >= 0.6 is 0 Å². The molecule has 2 aromatic rings. The molecule has 1 aromatic carbocycles. The zero-order valence-electron chi connectivity index (χ0n) is 13.5. The summed E-state index contributed by atoms with van der Waals surface area (Å²) in [6, 6.07) is 5.20. The van der Waals surface area contributed by atoms with Crippen LogP contribution in [0.15, 0.2) is 30.5 Å². The number of rotatable bonds is 7. The Labute approximate surface area is 143 Å². The highest BCUT2D eigenvalue weighted by Gasteiger charge is 2.23. The lowest BCUT2D eigenvalue weighted by Crippen LogP contribution is -2.26. The molecule has 0 saturated heterocycles. The Bertz CT molecular complexity index is 764. The molecule has 1 aliphatic carbocycles. The van der Waals surface area contributed by atoms with E-state index in [1.807, 2.05) is 0 Å². The van der Waals surface area contributed by atoms with Gasteiger partial charge in [-0.1, -0.05) is 0 Å². The van der Waals surface area contributed by atoms with E-state index in [2.05, 4.69) is 15.8 Å². The summed E-state index contributed by atoms with van der Waals surface area (Å²) in [5, 5.41) is 2.68. The molecule has 8 heteroatoms. The maximum Gasteiger partial charge on any atom is 0.277 e. The van der Waals surface area contributed by atoms with Crippen LogP contribution in [0.1, 0.15) is 23.2 Å². The molecule has 132 valence electrons. The third kappa shape index (κ3) is 4.21. The van der Waals surface area contributed by atoms with Gasteiger partial charge >= 0.3 is 0 Å². The largest absolute Gasteiger partial charge is 0.481 e. The molecule has 3 rings (SSSR count). The Kier molecular flexibility index (Phi) is 5.08. The van der Waals surface area contributed by atoms with E-state index in [9.17, 15) is 13.6 Å². The monoisotopic (exact) mass is 349 g/mol. The summed E-state index contributed by atoms with van der Waals surface area (Å²) in [7, 11) is 1.46. The number of anilines is 2. The Hall–Kier alpha value is -2.74. The molecular formula is C17H17F2N3O3. The predicted molar refractivity (Wildman–Crippen MR) is 86.6 cm³/mol. The molecule has 0 atom stereocenters. The number of amides is 1. The second-order valence-corrected chi connectivity index (χ2v) is 5.68. The van der Waals surface area contributed by atoms with Crippen LogP contribution in [0.4, 0.5) is 20.2 Å². The summed E-state index contributed by atoms with van der Waals surface area (Å²) >= 11 is 0. The number of hydrogen-bond acceptors (Lipinski definition) is 5. The number of carbonyl (C=O) groups is 1. The number of carbonyl (C=O) groups excluding carboxylic acids is 1. The predicted octanol–water partition coefficient (Wildman–Crippen LogP) is 3.18. The van der Waals surface area contributed by atoms with Crippen molar-refractivity contribution in [2.24, 2.45) is 5.92 Å². The molecule has 1 amide bonds. The molecule has 0 radical (unpaired) electrons. The van der Waals surface area contributed by atoms with Crippen molar-refractivity contribution in [3.8, 4) is 5.88 Å². The average molecular weight is 349 g/mol. The van der Waals surface area contributed by atoms with E-state index in [1.165, 1.54) is 19.4 Å². The molecule has 6 nitrogen and oxygen atoms in total. The minimum atomic E-state index is -1.16. The van der Waals surface area contributed by atoms with E-state index in [0.29, 0.717) is 24.1 Å². The van der Waals surface area contributed by atoms with Crippen molar-refractivity contribution in [1.29, 1.82) is 0 Å². The van der Waals surface area contributed by atoms with E-state index in [1.54, 1.807) is 12.1 Å². The van der Waals surface area contributed by atoms with Gasteiger partial charge in [-0.15, -0.1) is 0 Å². The first-order chi connectivity index (χ1) is 12.1. The molecule has 0 unspecified atom stereocenters. The number of aromatic nitrogens is 1. The minimum Gasteiger partial charge on any atom is -0.481 e. The first-order valence-electron chi connectivity index (χ1n) is 7.75. The minimum absolute atomic E-state index is 0.0782. The first-order valence-corrected chi connectivity index (χ1v) is 7.75. The van der Waals surface area contributed by atoms with Crippen molar-refractivity contribution < 1.29 is 23.1 Å². The number of nitrogens with one attached hydrogen (secondary N) is 2. The van der Waals surface area contributed by atoms with Crippen LogP contribution in [0, 0.1) is 17.6 Å². The van der Waals surface area contributed by atoms with Crippen molar-refractivity contribution in [3.63, 3.8) is 0 Å². The topological polar surface area (TPSA) is 72.5 Å². The average Bonchev–Trinajstić information content (AvgIpc) is 3.44. The molecule has 0 bridgehead atoms. The van der Waals surface area contributed by atoms with Crippen molar-refractivity contribution in [1.82, 2.24) is 10.5 Å². The number of benzene rings is 1. The van der Waals surface area contributed by atoms with Crippen LogP contribution in [0.2, 0.25) is 0 Å². The molecule has 1 saturated carbocycles. The van der Waals surface area contributed by atoms with Crippen LogP contribution in [0.3, 0.4) is 0 Å². The number of pyridine rings is 1. The SMILES string of the molecule is COc1ccc(Nc2c(C(=O)NOCC3CC3)ccc(F)c2F)cn1. The van der Waals surface area contributed by atoms with Gasteiger partial charge in [-0.2, -0.15) is 0 Å². The maximum atomic E-state index is 14.2. The lowest BCUT2D eigenvalue weighted by Gasteiger charge is -2.13. The van der Waals surface area contributed by atoms with Crippen LogP contribution < -0.4 is 15.5 Å². The molecule has 2 N–H and O–H groups in total. The van der Waals surface area contributed by atoms with Gasteiger partial charge in [0.05, 0.1) is 36.9 Å². The van der Waals surface area contributed by atoms with Gasteiger partial charge in [-0.3, -0.25) is 9.63 Å². The van der Waals surface area contributed by atoms with Gasteiger partial charge < -0.3 is 10.1 Å². The summed E-state index contributed by atoms with van der Waals surface area (Å²) in [5.41, 5.74) is 2.26. The number of halogens is 2. The van der Waals surface area contributed by atoms with Gasteiger partial charge in [0.2, 0.25) is 5.88 Å². The quantitative estimate of drug-likeness (QED) is 0.751. The fourth-order valence-corrected chi connectivity index (χ4v) is 2.15. The highest BCUT2D eigenvalue weighted by atomic mass is 19.2. The van der Waals surface area contributed by atoms with E-state index >= 15 is 0 Å². The third-order valence-electron chi connectivity index (χ3n) is 3.74. The smallest absolute Gasteiger partial charge is 0.277 e. The zero-order chi connectivity index (χ0) is 17.8. The Morgan fingerprint density at radius 3 is 2.72 bits per heavy atom. The lowest BCUT2D eigenvalue weighted by molar-refractivity contribution is 0.0270. The normalized spacial score (nSPS) is 13.4. The number of methoxy groups -OCH3 is 1. The van der Waals surface area contributed by atoms with E-state index in [0.717, 1.165) is 18.9 Å². The lowest BCUT2D eigenvalue weighted by atomic mass is 10.1. The second-order valence-electron chi connectivity index (χ2n) is 5.68. The number of ether oxygens (including phenoxy) is 1. The molecule has 1 aliphatic rings. The summed E-state index contributed by atoms with van der Waals surface area (Å²) < 4.78 is 32.7. The summed E-state index contributed by atoms with van der Waals surface area (Å²) in [4.78, 5) is 21.3. The Balaban J connectivity index is 1.79. The Morgan fingerprint density at radius 1 is 1.28 bits per heavy atom. The van der Waals surface area contributed by atoms with Crippen molar-refractivity contribution in [2.45, 2.75) is 12.8 Å². The van der Waals surface area contributed by atoms with Gasteiger partial charge in [0.25, 0.3) is 5.91 Å². The summed E-state index contributed by atoms with van der Waals surface area (Å²) in [5.74, 6) is -2.07. The van der Waals surface area contributed by atoms with Crippen molar-refractivity contribution >= 4 is 17.3 Å². The molecule has 1 fully saturated rings. The van der Waals surface area contributed by atoms with Gasteiger partial charge in [0.15, 0.2) is 11.6 Å². The first kappa shape index (κ1) is 17.1. The number of hydroxylamine groups is 1. The van der Waals surface area contributed by atoms with Crippen LogP contribution in [-0.4, -0.2) is 24.6 Å². The summed E-state index contributed by atoms with van der Waals surface area (Å²) in [6.07, 6.45) is 3.52. The molecule has 1 aromatic heterocycles. The van der Waals surface area contributed by atoms with Crippen LogP contribution in [-0.2, 0) is 4.84 Å². The summed E-state index contributed by atoms with van der Waals surface area (Å²) in [6.45, 7) is 0.403. The van der Waals surface area contributed by atoms with Crippen molar-refractivity contribution in [3.05, 3.63) is 47.7 Å². The van der Waals surface area contributed by atoms with Gasteiger partial charge in [0.1, 0.15) is 0 Å². The fourth-order valence-electron chi connectivity index (χ4n) is 2.15. The third-order valence-corrected chi connectivity index (χ3v) is 3.74. The standard InChI is InChI=1S/C17H17F2N3O3/c1-24-14-7-4-11(8-20-14)21-16-12(5-6-13(18)15(16)19)17(23)22-25-9-10-2-3-10/h4-8,10,21H,2-3,9H2,1H3,(H,22,23). The Morgan fingerprint density at radius 2 is 2.08 bits per heavy atom. The fraction of sp³-hybridized carbons (Fsp3) is 0.294. The molecule has 0 spiro atoms. The van der Waals surface area contributed by atoms with Crippen LogP contribution in [0.5, 0.6) is 5.88 Å². The van der Waals surface area contributed by atoms with Crippen LogP contribution in [0.25, 0.3) is 0 Å². The molecule has 0 aliphatic heterocycles. The highest BCUT2D eigenvalue weighted by molar-refractivity contribution is 5.99. The van der Waals surface area contributed by atoms with E-state index in [4.69, 9.17) is 9.57 Å². The highest BCUT2D eigenvalue weighted by Crippen LogP contribution is 2.29. The molecular weight excluding hydrogens is 332 g/mol. The molecule has 25 heavy (non-hydrogen) atoms. The van der Waals surface area contributed by atoms with Gasteiger partial charge in [0, 0.05) is 6.07 Å². The maximum absolute atomic E-state index is 14.2. The second kappa shape index (κ2) is 7.43. The zero-order valence-corrected chi connectivity index (χ0v) is 13.5. The molecule has 1 heterocycles. The van der Waals surface area contributed by atoms with Gasteiger partial charge in [-0.25, -0.2) is 19.2 Å². The van der Waals surface area contributed by atoms with Crippen molar-refractivity contribution in [2.75, 3.05) is 19.0 Å². The van der Waals surface area contributed by atoms with Gasteiger partial charge in [-0.05, 0) is 37.0 Å².